The van der Waals surface area contributed by atoms with Crippen molar-refractivity contribution in [1.82, 2.24) is 9.97 Å². The summed E-state index contributed by atoms with van der Waals surface area (Å²) in [4.78, 5) is 20.2. The molecule has 0 amide bonds. The topological polar surface area (TPSA) is 64.2 Å². The lowest BCUT2D eigenvalue weighted by molar-refractivity contribution is 0.104. The number of aromatic nitrogens is 2. The van der Waals surface area contributed by atoms with Crippen molar-refractivity contribution >= 4 is 40.0 Å². The molecule has 4 rings (SSSR count). The van der Waals surface area contributed by atoms with Crippen LogP contribution in [0.4, 0.5) is 0 Å². The van der Waals surface area contributed by atoms with E-state index in [4.69, 9.17) is 32.7 Å². The summed E-state index contributed by atoms with van der Waals surface area (Å²) in [6, 6.07) is 13.8. The van der Waals surface area contributed by atoms with Crippen molar-refractivity contribution < 1.29 is 14.3 Å². The zero-order valence-electron chi connectivity index (χ0n) is 14.7. The van der Waals surface area contributed by atoms with E-state index in [9.17, 15) is 4.79 Å². The van der Waals surface area contributed by atoms with Crippen LogP contribution in [0.2, 0.25) is 10.0 Å². The maximum absolute atomic E-state index is 13.0. The number of hydrogen-bond donors (Lipinski definition) is 1. The van der Waals surface area contributed by atoms with Gasteiger partial charge in [-0.1, -0.05) is 35.3 Å². The van der Waals surface area contributed by atoms with Crippen LogP contribution in [0, 0.1) is 0 Å². The highest BCUT2D eigenvalue weighted by Crippen LogP contribution is 2.34. The van der Waals surface area contributed by atoms with Gasteiger partial charge in [-0.15, -0.1) is 0 Å². The number of nitrogens with zero attached hydrogens (tertiary/aromatic N) is 1. The van der Waals surface area contributed by atoms with Crippen LogP contribution in [-0.2, 0) is 0 Å². The van der Waals surface area contributed by atoms with E-state index in [2.05, 4.69) is 9.97 Å². The molecule has 7 heteroatoms. The summed E-state index contributed by atoms with van der Waals surface area (Å²) >= 11 is 12.6. The maximum Gasteiger partial charge on any atom is 0.196 e. The second-order valence-electron chi connectivity index (χ2n) is 5.94. The van der Waals surface area contributed by atoms with E-state index < -0.39 is 0 Å². The van der Waals surface area contributed by atoms with Crippen molar-refractivity contribution in [3.63, 3.8) is 0 Å². The van der Waals surface area contributed by atoms with Crippen LogP contribution in [-0.4, -0.2) is 22.9 Å². The molecule has 2 aromatic heterocycles. The fourth-order valence-corrected chi connectivity index (χ4v) is 3.42. The number of hydrogen-bond acceptors (Lipinski definition) is 4. The van der Waals surface area contributed by atoms with Gasteiger partial charge in [-0.05, 0) is 30.3 Å². The van der Waals surface area contributed by atoms with Gasteiger partial charge in [-0.25, -0.2) is 4.98 Å². The van der Waals surface area contributed by atoms with Gasteiger partial charge in [-0.2, -0.15) is 0 Å². The Bertz CT molecular complexity index is 1190. The quantitative estimate of drug-likeness (QED) is 0.414. The molecule has 0 aliphatic heterocycles. The monoisotopic (exact) mass is 412 g/mol. The third-order valence-corrected chi connectivity index (χ3v) is 4.88. The highest BCUT2D eigenvalue weighted by Gasteiger charge is 2.20. The number of nitrogens with one attached hydrogen (secondary N) is 1. The molecule has 0 fully saturated rings. The molecule has 0 radical (unpaired) electrons. The number of ketones is 1. The maximum atomic E-state index is 13.0. The van der Waals surface area contributed by atoms with Crippen molar-refractivity contribution in [2.24, 2.45) is 0 Å². The lowest BCUT2D eigenvalue weighted by atomic mass is 10.0. The first kappa shape index (κ1) is 18.3. The zero-order chi connectivity index (χ0) is 19.7. The molecule has 1 N–H and O–H groups in total. The van der Waals surface area contributed by atoms with E-state index in [0.717, 1.165) is 0 Å². The molecule has 0 unspecified atom stereocenters. The minimum atomic E-state index is -0.255. The molecule has 140 valence electrons. The minimum absolute atomic E-state index is 0.255. The molecule has 0 aliphatic carbocycles. The summed E-state index contributed by atoms with van der Waals surface area (Å²) < 4.78 is 11.1. The third-order valence-electron chi connectivity index (χ3n) is 4.25. The summed E-state index contributed by atoms with van der Waals surface area (Å²) in [5.74, 6) is 1.38. The van der Waals surface area contributed by atoms with E-state index in [1.54, 1.807) is 55.9 Å². The van der Waals surface area contributed by atoms with Crippen LogP contribution in [0.5, 0.6) is 17.2 Å². The number of rotatable bonds is 5. The summed E-state index contributed by atoms with van der Waals surface area (Å²) in [6.45, 7) is 0. The molecule has 0 saturated heterocycles. The third kappa shape index (κ3) is 3.30. The molecule has 0 saturated carbocycles. The summed E-state index contributed by atoms with van der Waals surface area (Å²) in [7, 11) is 1.57. The molecule has 0 bridgehead atoms. The number of aromatic amines is 1. The first-order valence-electron chi connectivity index (χ1n) is 8.35. The van der Waals surface area contributed by atoms with E-state index in [1.807, 2.05) is 12.1 Å². The molecule has 0 spiro atoms. The standard InChI is InChI=1S/C21H14Cl2N2O3/c1-27-17-4-2-3-5-18(17)28-12-6-7-13(16(23)10-12)20(26)14-11-25-21-19(14)15(22)8-9-24-21/h2-11H,1H3,(H,24,25). The van der Waals surface area contributed by atoms with Crippen LogP contribution in [0.3, 0.4) is 0 Å². The summed E-state index contributed by atoms with van der Waals surface area (Å²) in [6.07, 6.45) is 3.16. The van der Waals surface area contributed by atoms with E-state index in [-0.39, 0.29) is 10.8 Å². The second-order valence-corrected chi connectivity index (χ2v) is 6.76. The number of carbonyl (C=O) groups excluding carboxylic acids is 1. The molecule has 28 heavy (non-hydrogen) atoms. The minimum Gasteiger partial charge on any atom is -0.493 e. The van der Waals surface area contributed by atoms with Crippen molar-refractivity contribution in [3.8, 4) is 17.2 Å². The molecular formula is C21H14Cl2N2O3. The smallest absolute Gasteiger partial charge is 0.196 e. The fraction of sp³-hybridized carbons (Fsp3) is 0.0476. The molecule has 2 aromatic carbocycles. The molecule has 5 nitrogen and oxygen atoms in total. The predicted molar refractivity (Wildman–Crippen MR) is 109 cm³/mol. The van der Waals surface area contributed by atoms with Gasteiger partial charge in [-0.3, -0.25) is 4.79 Å². The Morgan fingerprint density at radius 2 is 1.79 bits per heavy atom. The number of ether oxygens (including phenoxy) is 2. The van der Waals surface area contributed by atoms with E-state index >= 15 is 0 Å². The molecule has 0 atom stereocenters. The van der Waals surface area contributed by atoms with Gasteiger partial charge in [0.25, 0.3) is 0 Å². The summed E-state index contributed by atoms with van der Waals surface area (Å²) in [5, 5.41) is 1.29. The lowest BCUT2D eigenvalue weighted by Gasteiger charge is -2.11. The number of benzene rings is 2. The van der Waals surface area contributed by atoms with Crippen LogP contribution in [0.1, 0.15) is 15.9 Å². The second kappa shape index (κ2) is 7.54. The Balaban J connectivity index is 1.67. The normalized spacial score (nSPS) is 10.8. The average molecular weight is 413 g/mol. The number of fused-ring (bicyclic) bond motifs is 1. The van der Waals surface area contributed by atoms with Crippen molar-refractivity contribution in [2.75, 3.05) is 7.11 Å². The summed E-state index contributed by atoms with van der Waals surface area (Å²) in [5.41, 5.74) is 1.30. The first-order chi connectivity index (χ1) is 13.6. The number of methoxy groups -OCH3 is 1. The Kier molecular flexibility index (Phi) is 4.94. The molecule has 4 aromatic rings. The van der Waals surface area contributed by atoms with Gasteiger partial charge < -0.3 is 14.5 Å². The molecule has 2 heterocycles. The Morgan fingerprint density at radius 1 is 1.00 bits per heavy atom. The van der Waals surface area contributed by atoms with Gasteiger partial charge in [0.2, 0.25) is 0 Å². The lowest BCUT2D eigenvalue weighted by Crippen LogP contribution is -2.02. The van der Waals surface area contributed by atoms with Crippen molar-refractivity contribution in [3.05, 3.63) is 82.1 Å². The van der Waals surface area contributed by atoms with Crippen LogP contribution in [0.25, 0.3) is 11.0 Å². The number of pyridine rings is 1. The van der Waals surface area contributed by atoms with Gasteiger partial charge in [0, 0.05) is 29.4 Å². The fourth-order valence-electron chi connectivity index (χ4n) is 2.91. The van der Waals surface area contributed by atoms with E-state index in [0.29, 0.717) is 44.4 Å². The Morgan fingerprint density at radius 3 is 2.54 bits per heavy atom. The highest BCUT2D eigenvalue weighted by molar-refractivity contribution is 6.39. The number of halogens is 2. The first-order valence-corrected chi connectivity index (χ1v) is 9.11. The van der Waals surface area contributed by atoms with Gasteiger partial charge >= 0.3 is 0 Å². The average Bonchev–Trinajstić information content (AvgIpc) is 3.14. The molecule has 0 aliphatic rings. The highest BCUT2D eigenvalue weighted by atomic mass is 35.5. The van der Waals surface area contributed by atoms with Gasteiger partial charge in [0.15, 0.2) is 17.3 Å². The van der Waals surface area contributed by atoms with Crippen molar-refractivity contribution in [1.29, 1.82) is 0 Å². The van der Waals surface area contributed by atoms with E-state index in [1.165, 1.54) is 0 Å². The number of H-pyrrole nitrogens is 1. The molecular weight excluding hydrogens is 399 g/mol. The number of para-hydroxylation sites is 2. The largest absolute Gasteiger partial charge is 0.493 e. The SMILES string of the molecule is COc1ccccc1Oc1ccc(C(=O)c2c[nH]c3nccc(Cl)c23)c(Cl)c1. The Labute approximate surface area is 170 Å². The van der Waals surface area contributed by atoms with Crippen LogP contribution < -0.4 is 9.47 Å². The zero-order valence-corrected chi connectivity index (χ0v) is 16.2. The predicted octanol–water partition coefficient (Wildman–Crippen LogP) is 5.90. The van der Waals surface area contributed by atoms with Crippen LogP contribution in [0.15, 0.2) is 60.9 Å². The van der Waals surface area contributed by atoms with Crippen molar-refractivity contribution in [2.45, 2.75) is 0 Å². The van der Waals surface area contributed by atoms with Gasteiger partial charge in [0.1, 0.15) is 11.4 Å². The van der Waals surface area contributed by atoms with Gasteiger partial charge in [0.05, 0.1) is 22.7 Å². The number of carbonyl (C=O) groups is 1. The Hall–Kier alpha value is -3.02. The van der Waals surface area contributed by atoms with Crippen LogP contribution >= 0.6 is 23.2 Å².